The van der Waals surface area contributed by atoms with Crippen LogP contribution < -0.4 is 5.32 Å². The number of hydrogen-bond donors (Lipinski definition) is 1. The van der Waals surface area contributed by atoms with Crippen LogP contribution in [-0.2, 0) is 6.42 Å². The van der Waals surface area contributed by atoms with Crippen LogP contribution in [0, 0.1) is 17.0 Å². The lowest BCUT2D eigenvalue weighted by Crippen LogP contribution is -2.18. The lowest BCUT2D eigenvalue weighted by molar-refractivity contribution is -0.384. The molecule has 0 aliphatic rings. The molecule has 19 heavy (non-hydrogen) atoms. The Morgan fingerprint density at radius 1 is 1.47 bits per heavy atom. The molecule has 0 saturated heterocycles. The van der Waals surface area contributed by atoms with Crippen LogP contribution in [0.2, 0.25) is 0 Å². The van der Waals surface area contributed by atoms with Gasteiger partial charge in [0.2, 0.25) is 0 Å². The number of nitrogens with zero attached hydrogens (tertiary/aromatic N) is 2. The minimum Gasteiger partial charge on any atom is -0.367 e. The predicted molar refractivity (Wildman–Crippen MR) is 76.7 cm³/mol. The summed E-state index contributed by atoms with van der Waals surface area (Å²) in [5, 5.41) is 13.9. The summed E-state index contributed by atoms with van der Waals surface area (Å²) in [5.41, 5.74) is 0.0525. The van der Waals surface area contributed by atoms with Crippen molar-refractivity contribution in [1.29, 1.82) is 0 Å². The van der Waals surface area contributed by atoms with Crippen molar-refractivity contribution in [3.8, 4) is 0 Å². The highest BCUT2D eigenvalue weighted by molar-refractivity contribution is 7.11. The third kappa shape index (κ3) is 3.75. The lowest BCUT2D eigenvalue weighted by atomic mass is 10.2. The molecule has 1 atom stereocenters. The molecule has 0 radical (unpaired) electrons. The number of aryl methyl sites for hydroxylation is 1. The maximum absolute atomic E-state index is 10.7. The first-order valence-electron chi connectivity index (χ1n) is 5.97. The van der Waals surface area contributed by atoms with Crippen molar-refractivity contribution in [2.75, 3.05) is 5.32 Å². The second-order valence-corrected chi connectivity index (χ2v) is 5.79. The van der Waals surface area contributed by atoms with Gasteiger partial charge in [-0.1, -0.05) is 0 Å². The Bertz CT molecular complexity index is 583. The topological polar surface area (TPSA) is 68.1 Å². The molecule has 5 nitrogen and oxygen atoms in total. The Morgan fingerprint density at radius 2 is 2.26 bits per heavy atom. The largest absolute Gasteiger partial charge is 0.367 e. The van der Waals surface area contributed by atoms with Gasteiger partial charge in [-0.05, 0) is 26.0 Å². The summed E-state index contributed by atoms with van der Waals surface area (Å²) in [6.07, 6.45) is 2.32. The van der Waals surface area contributed by atoms with Gasteiger partial charge in [0.1, 0.15) is 5.82 Å². The van der Waals surface area contributed by atoms with Crippen LogP contribution in [0.15, 0.2) is 30.5 Å². The van der Waals surface area contributed by atoms with E-state index in [1.165, 1.54) is 28.1 Å². The van der Waals surface area contributed by atoms with Gasteiger partial charge in [-0.15, -0.1) is 11.3 Å². The summed E-state index contributed by atoms with van der Waals surface area (Å²) in [7, 11) is 0. The summed E-state index contributed by atoms with van der Waals surface area (Å²) >= 11 is 1.77. The number of thiophene rings is 1. The number of pyridine rings is 1. The second-order valence-electron chi connectivity index (χ2n) is 4.42. The molecule has 0 spiro atoms. The van der Waals surface area contributed by atoms with E-state index >= 15 is 0 Å². The fourth-order valence-corrected chi connectivity index (χ4v) is 2.83. The summed E-state index contributed by atoms with van der Waals surface area (Å²) in [6.45, 7) is 4.12. The monoisotopic (exact) mass is 277 g/mol. The molecule has 2 aromatic rings. The molecule has 2 aromatic heterocycles. The molecular weight excluding hydrogens is 262 g/mol. The highest BCUT2D eigenvalue weighted by Crippen LogP contribution is 2.19. The van der Waals surface area contributed by atoms with Crippen molar-refractivity contribution in [1.82, 2.24) is 4.98 Å². The molecule has 0 saturated carbocycles. The fraction of sp³-hybridized carbons (Fsp3) is 0.308. The number of nitrogens with one attached hydrogen (secondary N) is 1. The molecule has 0 aromatic carbocycles. The molecule has 6 heteroatoms. The van der Waals surface area contributed by atoms with Gasteiger partial charge in [0.15, 0.2) is 0 Å². The van der Waals surface area contributed by atoms with Crippen LogP contribution in [0.1, 0.15) is 16.7 Å². The van der Waals surface area contributed by atoms with Crippen LogP contribution in [0.5, 0.6) is 0 Å². The predicted octanol–water partition coefficient (Wildman–Crippen LogP) is 3.40. The van der Waals surface area contributed by atoms with Crippen molar-refractivity contribution >= 4 is 22.8 Å². The van der Waals surface area contributed by atoms with Gasteiger partial charge < -0.3 is 5.32 Å². The smallest absolute Gasteiger partial charge is 0.274 e. The van der Waals surface area contributed by atoms with Crippen molar-refractivity contribution in [3.05, 3.63) is 50.3 Å². The Hall–Kier alpha value is -1.95. The first kappa shape index (κ1) is 13.5. The van der Waals surface area contributed by atoms with Gasteiger partial charge in [0.05, 0.1) is 11.0 Å². The van der Waals surface area contributed by atoms with E-state index in [0.717, 1.165) is 6.42 Å². The molecule has 1 unspecified atom stereocenters. The molecule has 2 heterocycles. The highest BCUT2D eigenvalue weighted by atomic mass is 32.1. The van der Waals surface area contributed by atoms with E-state index in [1.54, 1.807) is 11.3 Å². The van der Waals surface area contributed by atoms with Crippen LogP contribution in [0.3, 0.4) is 0 Å². The number of nitro groups is 1. The molecule has 0 amide bonds. The molecule has 0 fully saturated rings. The molecule has 0 aliphatic heterocycles. The summed E-state index contributed by atoms with van der Waals surface area (Å²) in [6, 6.07) is 7.22. The molecule has 2 rings (SSSR count). The zero-order valence-corrected chi connectivity index (χ0v) is 11.6. The number of rotatable bonds is 5. The third-order valence-electron chi connectivity index (χ3n) is 2.65. The number of hydrogen-bond acceptors (Lipinski definition) is 5. The van der Waals surface area contributed by atoms with Gasteiger partial charge in [0, 0.05) is 34.5 Å². The molecule has 100 valence electrons. The average Bonchev–Trinajstić information content (AvgIpc) is 2.74. The molecule has 1 N–H and O–H groups in total. The minimum absolute atomic E-state index is 0.0525. The van der Waals surface area contributed by atoms with Crippen LogP contribution in [-0.4, -0.2) is 15.9 Å². The zero-order chi connectivity index (χ0) is 13.8. The Labute approximate surface area is 115 Å². The van der Waals surface area contributed by atoms with E-state index in [-0.39, 0.29) is 11.7 Å². The Kier molecular flexibility index (Phi) is 4.11. The second kappa shape index (κ2) is 5.79. The van der Waals surface area contributed by atoms with Gasteiger partial charge in [-0.3, -0.25) is 10.1 Å². The summed E-state index contributed by atoms with van der Waals surface area (Å²) in [4.78, 5) is 16.9. The lowest BCUT2D eigenvalue weighted by Gasteiger charge is -2.13. The van der Waals surface area contributed by atoms with E-state index in [4.69, 9.17) is 0 Å². The first-order valence-corrected chi connectivity index (χ1v) is 6.78. The standard InChI is InChI=1S/C13H15N3O2S/c1-9(7-12-4-3-10(2)19-12)15-13-8-11(16(17)18)5-6-14-13/h3-6,8-9H,7H2,1-2H3,(H,14,15). The Morgan fingerprint density at radius 3 is 2.89 bits per heavy atom. The summed E-state index contributed by atoms with van der Waals surface area (Å²) < 4.78 is 0. The summed E-state index contributed by atoms with van der Waals surface area (Å²) in [5.74, 6) is 0.537. The van der Waals surface area contributed by atoms with Gasteiger partial charge in [-0.25, -0.2) is 4.98 Å². The van der Waals surface area contributed by atoms with E-state index < -0.39 is 4.92 Å². The molecule has 0 bridgehead atoms. The highest BCUT2D eigenvalue weighted by Gasteiger charge is 2.10. The van der Waals surface area contributed by atoms with E-state index in [2.05, 4.69) is 29.4 Å². The maximum atomic E-state index is 10.7. The van der Waals surface area contributed by atoms with Crippen molar-refractivity contribution < 1.29 is 4.92 Å². The van der Waals surface area contributed by atoms with Crippen molar-refractivity contribution in [2.24, 2.45) is 0 Å². The number of anilines is 1. The van der Waals surface area contributed by atoms with Crippen molar-refractivity contribution in [2.45, 2.75) is 26.3 Å². The normalized spacial score (nSPS) is 12.1. The van der Waals surface area contributed by atoms with E-state index in [9.17, 15) is 10.1 Å². The average molecular weight is 277 g/mol. The number of aromatic nitrogens is 1. The van der Waals surface area contributed by atoms with Gasteiger partial charge >= 0.3 is 0 Å². The van der Waals surface area contributed by atoms with Crippen LogP contribution >= 0.6 is 11.3 Å². The van der Waals surface area contributed by atoms with E-state index in [0.29, 0.717) is 5.82 Å². The maximum Gasteiger partial charge on any atom is 0.274 e. The molecular formula is C13H15N3O2S. The fourth-order valence-electron chi connectivity index (χ4n) is 1.81. The Balaban J connectivity index is 2.00. The van der Waals surface area contributed by atoms with Crippen molar-refractivity contribution in [3.63, 3.8) is 0 Å². The van der Waals surface area contributed by atoms with Crippen LogP contribution in [0.25, 0.3) is 0 Å². The van der Waals surface area contributed by atoms with Gasteiger partial charge in [0.25, 0.3) is 5.69 Å². The minimum atomic E-state index is -0.417. The first-order chi connectivity index (χ1) is 9.04. The van der Waals surface area contributed by atoms with E-state index in [1.807, 2.05) is 6.92 Å². The SMILES string of the molecule is Cc1ccc(CC(C)Nc2cc([N+](=O)[O-])ccn2)s1. The van der Waals surface area contributed by atoms with Crippen LogP contribution in [0.4, 0.5) is 11.5 Å². The molecule has 0 aliphatic carbocycles. The zero-order valence-electron chi connectivity index (χ0n) is 10.8. The quantitative estimate of drug-likeness (QED) is 0.671. The van der Waals surface area contributed by atoms with Gasteiger partial charge in [-0.2, -0.15) is 0 Å². The third-order valence-corrected chi connectivity index (χ3v) is 3.68.